The first kappa shape index (κ1) is 11.0. The van der Waals surface area contributed by atoms with Crippen molar-refractivity contribution in [3.8, 4) is 6.07 Å². The third kappa shape index (κ3) is 2.96. The second-order valence-electron chi connectivity index (χ2n) is 4.19. The predicted octanol–water partition coefficient (Wildman–Crippen LogP) is 2.54. The second-order valence-corrected chi connectivity index (χ2v) is 6.24. The van der Waals surface area contributed by atoms with E-state index < -0.39 is 0 Å². The lowest BCUT2D eigenvalue weighted by molar-refractivity contribution is 0.176. The molecule has 13 heavy (non-hydrogen) atoms. The molecule has 0 aromatic carbocycles. The largest absolute Gasteiger partial charge is 0.287 e. The molecule has 1 saturated heterocycles. The Morgan fingerprint density at radius 2 is 1.85 bits per heavy atom. The molecule has 3 heteroatoms. The molecule has 0 spiro atoms. The summed E-state index contributed by atoms with van der Waals surface area (Å²) in [5, 5.41) is 9.09. The van der Waals surface area contributed by atoms with Gasteiger partial charge in [-0.2, -0.15) is 5.26 Å². The molecule has 1 unspecified atom stereocenters. The minimum atomic E-state index is -0.0981. The number of halogens is 1. The number of piperidine rings is 1. The van der Waals surface area contributed by atoms with Gasteiger partial charge in [0.2, 0.25) is 0 Å². The number of hydrogen-bond acceptors (Lipinski definition) is 2. The Morgan fingerprint density at radius 1 is 1.31 bits per heavy atom. The van der Waals surface area contributed by atoms with E-state index in [9.17, 15) is 0 Å². The van der Waals surface area contributed by atoms with Gasteiger partial charge in [0.05, 0.1) is 6.07 Å². The van der Waals surface area contributed by atoms with Crippen LogP contribution in [0.25, 0.3) is 0 Å². The maximum Gasteiger partial charge on any atom is 0.113 e. The minimum absolute atomic E-state index is 0.00722. The molecule has 1 heterocycles. The summed E-state index contributed by atoms with van der Waals surface area (Å²) in [5.74, 6) is 0. The molecule has 0 amide bonds. The molecule has 0 aliphatic carbocycles. The first-order valence-corrected chi connectivity index (χ1v) is 5.67. The van der Waals surface area contributed by atoms with Gasteiger partial charge in [-0.15, -0.1) is 0 Å². The zero-order chi connectivity index (χ0) is 9.90. The molecule has 2 nitrogen and oxygen atoms in total. The molecular formula is C10H17BrN2. The van der Waals surface area contributed by atoms with Gasteiger partial charge in [-0.25, -0.2) is 0 Å². The van der Waals surface area contributed by atoms with Crippen LogP contribution in [0, 0.1) is 11.3 Å². The van der Waals surface area contributed by atoms with E-state index >= 15 is 0 Å². The van der Waals surface area contributed by atoms with Crippen LogP contribution in [0.5, 0.6) is 0 Å². The highest BCUT2D eigenvalue weighted by Gasteiger charge is 2.32. The van der Waals surface area contributed by atoms with Gasteiger partial charge in [0.1, 0.15) is 6.04 Å². The van der Waals surface area contributed by atoms with Gasteiger partial charge in [-0.3, -0.25) is 4.90 Å². The van der Waals surface area contributed by atoms with E-state index in [2.05, 4.69) is 40.7 Å². The second kappa shape index (κ2) is 4.43. The van der Waals surface area contributed by atoms with Crippen LogP contribution in [-0.4, -0.2) is 28.4 Å². The third-order valence-corrected chi connectivity index (χ3v) is 2.96. The van der Waals surface area contributed by atoms with Crippen LogP contribution in [0.1, 0.15) is 33.1 Å². The highest BCUT2D eigenvalue weighted by Crippen LogP contribution is 2.27. The van der Waals surface area contributed by atoms with Crippen molar-refractivity contribution < 1.29 is 0 Å². The number of nitrogens with zero attached hydrogens (tertiary/aromatic N) is 2. The Hall–Kier alpha value is -0.0700. The molecule has 1 rings (SSSR count). The van der Waals surface area contributed by atoms with Gasteiger partial charge >= 0.3 is 0 Å². The average molecular weight is 245 g/mol. The lowest BCUT2D eigenvalue weighted by atomic mass is 10.0. The van der Waals surface area contributed by atoms with Gasteiger partial charge in [0, 0.05) is 4.32 Å². The fraction of sp³-hybridized carbons (Fsp3) is 0.900. The molecule has 0 bridgehead atoms. The van der Waals surface area contributed by atoms with E-state index in [0.29, 0.717) is 0 Å². The summed E-state index contributed by atoms with van der Waals surface area (Å²) in [4.78, 5) is 2.29. The molecule has 0 aromatic rings. The zero-order valence-electron chi connectivity index (χ0n) is 8.39. The predicted molar refractivity (Wildman–Crippen MR) is 57.8 cm³/mol. The van der Waals surface area contributed by atoms with Crippen LogP contribution < -0.4 is 0 Å². The average Bonchev–Trinajstić information content (AvgIpc) is 2.05. The van der Waals surface area contributed by atoms with E-state index in [1.165, 1.54) is 19.3 Å². The standard InChI is InChI=1S/C10H17BrN2/c1-10(2,11)9(8-12)13-6-4-3-5-7-13/h9H,3-7H2,1-2H3. The van der Waals surface area contributed by atoms with Crippen molar-refractivity contribution in [3.63, 3.8) is 0 Å². The Morgan fingerprint density at radius 3 is 2.23 bits per heavy atom. The van der Waals surface area contributed by atoms with E-state index in [0.717, 1.165) is 13.1 Å². The number of alkyl halides is 1. The van der Waals surface area contributed by atoms with Crippen molar-refractivity contribution in [1.82, 2.24) is 4.90 Å². The first-order chi connectivity index (χ1) is 6.05. The molecule has 0 N–H and O–H groups in total. The topological polar surface area (TPSA) is 27.0 Å². The molecule has 1 atom stereocenters. The van der Waals surface area contributed by atoms with Gasteiger partial charge in [-0.05, 0) is 39.8 Å². The number of nitriles is 1. The minimum Gasteiger partial charge on any atom is -0.287 e. The summed E-state index contributed by atoms with van der Waals surface area (Å²) < 4.78 is -0.0981. The number of likely N-dealkylation sites (tertiary alicyclic amines) is 1. The van der Waals surface area contributed by atoms with Crippen molar-refractivity contribution in [2.75, 3.05) is 13.1 Å². The van der Waals surface area contributed by atoms with Gasteiger partial charge in [0.25, 0.3) is 0 Å². The molecule has 0 radical (unpaired) electrons. The molecule has 1 aliphatic rings. The Bertz CT molecular complexity index is 196. The summed E-state index contributed by atoms with van der Waals surface area (Å²) in [6.07, 6.45) is 3.79. The SMILES string of the molecule is CC(C)(Br)C(C#N)N1CCCCC1. The molecular weight excluding hydrogens is 228 g/mol. The third-order valence-electron chi connectivity index (χ3n) is 2.53. The molecule has 0 aromatic heterocycles. The zero-order valence-corrected chi connectivity index (χ0v) is 9.97. The van der Waals surface area contributed by atoms with Crippen LogP contribution in [0.15, 0.2) is 0 Å². The highest BCUT2D eigenvalue weighted by molar-refractivity contribution is 9.10. The van der Waals surface area contributed by atoms with Gasteiger partial charge < -0.3 is 0 Å². The van der Waals surface area contributed by atoms with Crippen molar-refractivity contribution in [2.24, 2.45) is 0 Å². The van der Waals surface area contributed by atoms with Gasteiger partial charge in [-0.1, -0.05) is 22.4 Å². The summed E-state index contributed by atoms with van der Waals surface area (Å²) in [6, 6.07) is 2.40. The van der Waals surface area contributed by atoms with Crippen LogP contribution in [-0.2, 0) is 0 Å². The highest BCUT2D eigenvalue weighted by atomic mass is 79.9. The quantitative estimate of drug-likeness (QED) is 0.699. The normalized spacial score (nSPS) is 22.3. The maximum absolute atomic E-state index is 9.09. The molecule has 74 valence electrons. The maximum atomic E-state index is 9.09. The van der Waals surface area contributed by atoms with E-state index in [-0.39, 0.29) is 10.4 Å². The molecule has 1 fully saturated rings. The van der Waals surface area contributed by atoms with Crippen molar-refractivity contribution in [1.29, 1.82) is 5.26 Å². The lowest BCUT2D eigenvalue weighted by Crippen LogP contribution is -2.47. The van der Waals surface area contributed by atoms with Crippen LogP contribution in [0.4, 0.5) is 0 Å². The summed E-state index contributed by atoms with van der Waals surface area (Å²) >= 11 is 3.58. The lowest BCUT2D eigenvalue weighted by Gasteiger charge is -2.36. The summed E-state index contributed by atoms with van der Waals surface area (Å²) in [6.45, 7) is 6.28. The Balaban J connectivity index is 2.61. The van der Waals surface area contributed by atoms with Crippen LogP contribution >= 0.6 is 15.9 Å². The van der Waals surface area contributed by atoms with E-state index in [4.69, 9.17) is 5.26 Å². The molecule has 0 saturated carbocycles. The summed E-state index contributed by atoms with van der Waals surface area (Å²) in [5.41, 5.74) is 0. The van der Waals surface area contributed by atoms with Crippen molar-refractivity contribution >= 4 is 15.9 Å². The smallest absolute Gasteiger partial charge is 0.113 e. The number of rotatable bonds is 2. The monoisotopic (exact) mass is 244 g/mol. The van der Waals surface area contributed by atoms with Crippen molar-refractivity contribution in [2.45, 2.75) is 43.5 Å². The molecule has 1 aliphatic heterocycles. The van der Waals surface area contributed by atoms with Gasteiger partial charge in [0.15, 0.2) is 0 Å². The fourth-order valence-corrected chi connectivity index (χ4v) is 2.24. The first-order valence-electron chi connectivity index (χ1n) is 4.88. The number of hydrogen-bond donors (Lipinski definition) is 0. The fourth-order valence-electron chi connectivity index (χ4n) is 1.85. The Kier molecular flexibility index (Phi) is 3.75. The Labute approximate surface area is 89.0 Å². The summed E-state index contributed by atoms with van der Waals surface area (Å²) in [7, 11) is 0. The van der Waals surface area contributed by atoms with Crippen LogP contribution in [0.2, 0.25) is 0 Å². The van der Waals surface area contributed by atoms with Crippen LogP contribution in [0.3, 0.4) is 0 Å². The van der Waals surface area contributed by atoms with E-state index in [1.807, 2.05) is 0 Å². The van der Waals surface area contributed by atoms with E-state index in [1.54, 1.807) is 0 Å². The van der Waals surface area contributed by atoms with Crippen molar-refractivity contribution in [3.05, 3.63) is 0 Å².